The lowest BCUT2D eigenvalue weighted by Crippen LogP contribution is -2.35. The molecular formula is C23H28N2OS. The van der Waals surface area contributed by atoms with Gasteiger partial charge in [0.15, 0.2) is 0 Å². The van der Waals surface area contributed by atoms with E-state index < -0.39 is 0 Å². The topological polar surface area (TPSA) is 36.4 Å². The van der Waals surface area contributed by atoms with Gasteiger partial charge in [-0.25, -0.2) is 4.98 Å². The minimum atomic E-state index is 0.177. The Labute approximate surface area is 165 Å². The number of benzene rings is 1. The number of pyridine rings is 1. The van der Waals surface area contributed by atoms with E-state index >= 15 is 0 Å². The number of anilines is 1. The molecule has 1 fully saturated rings. The highest BCUT2D eigenvalue weighted by Gasteiger charge is 2.22. The Balaban J connectivity index is 1.65. The molecular weight excluding hydrogens is 352 g/mol. The second kappa shape index (κ2) is 7.25. The second-order valence-electron chi connectivity index (χ2n) is 8.60. The molecule has 0 radical (unpaired) electrons. The fourth-order valence-corrected chi connectivity index (χ4v) is 4.86. The van der Waals surface area contributed by atoms with E-state index in [0.29, 0.717) is 12.5 Å². The third-order valence-corrected chi connectivity index (χ3v) is 6.78. The van der Waals surface area contributed by atoms with Crippen molar-refractivity contribution in [1.29, 1.82) is 0 Å². The number of aromatic nitrogens is 1. The molecule has 0 bridgehead atoms. The van der Waals surface area contributed by atoms with E-state index in [0.717, 1.165) is 31.7 Å². The molecule has 1 N–H and O–H groups in total. The molecule has 0 aliphatic carbocycles. The number of fused-ring (bicyclic) bond motifs is 1. The van der Waals surface area contributed by atoms with E-state index in [1.54, 1.807) is 0 Å². The molecule has 3 heterocycles. The predicted molar refractivity (Wildman–Crippen MR) is 116 cm³/mol. The minimum absolute atomic E-state index is 0.177. The van der Waals surface area contributed by atoms with Crippen LogP contribution in [0.15, 0.2) is 42.6 Å². The number of thiophene rings is 1. The van der Waals surface area contributed by atoms with Gasteiger partial charge in [-0.3, -0.25) is 0 Å². The molecule has 1 saturated heterocycles. The largest absolute Gasteiger partial charge is 0.396 e. The summed E-state index contributed by atoms with van der Waals surface area (Å²) in [7, 11) is 0. The van der Waals surface area contributed by atoms with E-state index in [1.807, 2.05) is 17.5 Å². The molecule has 0 spiro atoms. The quantitative estimate of drug-likeness (QED) is 0.654. The standard InChI is InChI=1S/C23H28N2OS/c1-23(2,3)18-6-4-17(5-7-18)21-14-19-20(27-21)8-11-24-22(19)25-12-9-16(15-26)10-13-25/h4-8,11,14,16,26H,9-10,12-13,15H2,1-3H3. The van der Waals surface area contributed by atoms with Gasteiger partial charge in [0.2, 0.25) is 0 Å². The molecule has 4 rings (SSSR count). The van der Waals surface area contributed by atoms with E-state index in [-0.39, 0.29) is 5.41 Å². The molecule has 2 aromatic heterocycles. The van der Waals surface area contributed by atoms with Gasteiger partial charge in [-0.05, 0) is 47.4 Å². The molecule has 3 aromatic rings. The van der Waals surface area contributed by atoms with Crippen molar-refractivity contribution in [1.82, 2.24) is 4.98 Å². The smallest absolute Gasteiger partial charge is 0.137 e. The molecule has 0 unspecified atom stereocenters. The summed E-state index contributed by atoms with van der Waals surface area (Å²) < 4.78 is 1.29. The third kappa shape index (κ3) is 3.74. The van der Waals surface area contributed by atoms with Crippen molar-refractivity contribution in [3.63, 3.8) is 0 Å². The number of rotatable bonds is 3. The summed E-state index contributed by atoms with van der Waals surface area (Å²) in [5, 5.41) is 10.6. The van der Waals surface area contributed by atoms with Crippen molar-refractivity contribution in [3.8, 4) is 10.4 Å². The van der Waals surface area contributed by atoms with Crippen molar-refractivity contribution in [2.75, 3.05) is 24.6 Å². The highest BCUT2D eigenvalue weighted by atomic mass is 32.1. The van der Waals surface area contributed by atoms with Gasteiger partial charge in [0.1, 0.15) is 5.82 Å². The minimum Gasteiger partial charge on any atom is -0.396 e. The zero-order chi connectivity index (χ0) is 19.0. The van der Waals surface area contributed by atoms with Crippen molar-refractivity contribution >= 4 is 27.2 Å². The zero-order valence-corrected chi connectivity index (χ0v) is 17.2. The molecule has 142 valence electrons. The van der Waals surface area contributed by atoms with Gasteiger partial charge in [-0.2, -0.15) is 0 Å². The molecule has 0 atom stereocenters. The van der Waals surface area contributed by atoms with Crippen LogP contribution in [0.1, 0.15) is 39.2 Å². The van der Waals surface area contributed by atoms with Crippen LogP contribution in [-0.4, -0.2) is 29.8 Å². The first-order valence-electron chi connectivity index (χ1n) is 9.81. The summed E-state index contributed by atoms with van der Waals surface area (Å²) >= 11 is 1.84. The van der Waals surface area contributed by atoms with Gasteiger partial charge in [0, 0.05) is 40.9 Å². The number of hydrogen-bond donors (Lipinski definition) is 1. The first-order chi connectivity index (χ1) is 13.0. The number of hydrogen-bond acceptors (Lipinski definition) is 4. The van der Waals surface area contributed by atoms with Gasteiger partial charge >= 0.3 is 0 Å². The molecule has 0 saturated carbocycles. The van der Waals surface area contributed by atoms with Crippen LogP contribution in [0.2, 0.25) is 0 Å². The van der Waals surface area contributed by atoms with Crippen LogP contribution in [0.4, 0.5) is 5.82 Å². The second-order valence-corrected chi connectivity index (χ2v) is 9.68. The summed E-state index contributed by atoms with van der Waals surface area (Å²) in [4.78, 5) is 8.38. The molecule has 4 heteroatoms. The summed E-state index contributed by atoms with van der Waals surface area (Å²) in [6.45, 7) is 9.00. The molecule has 3 nitrogen and oxygen atoms in total. The Morgan fingerprint density at radius 2 is 1.81 bits per heavy atom. The lowest BCUT2D eigenvalue weighted by atomic mass is 9.86. The number of aliphatic hydroxyl groups excluding tert-OH is 1. The fourth-order valence-electron chi connectivity index (χ4n) is 3.80. The predicted octanol–water partition coefficient (Wildman–Crippen LogP) is 5.47. The van der Waals surface area contributed by atoms with Gasteiger partial charge in [-0.15, -0.1) is 11.3 Å². The maximum absolute atomic E-state index is 9.39. The van der Waals surface area contributed by atoms with Crippen molar-refractivity contribution in [2.24, 2.45) is 5.92 Å². The maximum Gasteiger partial charge on any atom is 0.137 e. The monoisotopic (exact) mass is 380 g/mol. The van der Waals surface area contributed by atoms with Crippen molar-refractivity contribution in [2.45, 2.75) is 39.0 Å². The van der Waals surface area contributed by atoms with Gasteiger partial charge in [0.25, 0.3) is 0 Å². The Morgan fingerprint density at radius 3 is 2.44 bits per heavy atom. The van der Waals surface area contributed by atoms with Crippen LogP contribution in [0, 0.1) is 5.92 Å². The third-order valence-electron chi connectivity index (χ3n) is 5.63. The van der Waals surface area contributed by atoms with Crippen LogP contribution in [0.3, 0.4) is 0 Å². The number of piperidine rings is 1. The molecule has 0 amide bonds. The molecule has 1 aromatic carbocycles. The molecule has 1 aliphatic rings. The van der Waals surface area contributed by atoms with Gasteiger partial charge in [-0.1, -0.05) is 45.0 Å². The average Bonchev–Trinajstić information content (AvgIpc) is 3.12. The van der Waals surface area contributed by atoms with Crippen LogP contribution >= 0.6 is 11.3 Å². The summed E-state index contributed by atoms with van der Waals surface area (Å²) in [6, 6.07) is 13.4. The van der Waals surface area contributed by atoms with E-state index in [2.05, 4.69) is 62.1 Å². The summed E-state index contributed by atoms with van der Waals surface area (Å²) in [5.41, 5.74) is 2.81. The molecule has 1 aliphatic heterocycles. The fraction of sp³-hybridized carbons (Fsp3) is 0.435. The lowest BCUT2D eigenvalue weighted by molar-refractivity contribution is 0.203. The highest BCUT2D eigenvalue weighted by Crippen LogP contribution is 2.38. The summed E-state index contributed by atoms with van der Waals surface area (Å²) in [6.07, 6.45) is 4.01. The normalized spacial score (nSPS) is 16.2. The summed E-state index contributed by atoms with van der Waals surface area (Å²) in [5.74, 6) is 1.54. The van der Waals surface area contributed by atoms with Crippen LogP contribution in [0.5, 0.6) is 0 Å². The van der Waals surface area contributed by atoms with E-state index in [1.165, 1.54) is 26.1 Å². The van der Waals surface area contributed by atoms with Crippen molar-refractivity contribution in [3.05, 3.63) is 48.2 Å². The molecule has 27 heavy (non-hydrogen) atoms. The number of nitrogens with zero attached hydrogens (tertiary/aromatic N) is 2. The van der Waals surface area contributed by atoms with Crippen LogP contribution in [0.25, 0.3) is 20.5 Å². The first kappa shape index (κ1) is 18.5. The average molecular weight is 381 g/mol. The lowest BCUT2D eigenvalue weighted by Gasteiger charge is -2.32. The van der Waals surface area contributed by atoms with E-state index in [9.17, 15) is 5.11 Å². The van der Waals surface area contributed by atoms with Crippen LogP contribution < -0.4 is 4.90 Å². The highest BCUT2D eigenvalue weighted by molar-refractivity contribution is 7.22. The Morgan fingerprint density at radius 1 is 1.11 bits per heavy atom. The van der Waals surface area contributed by atoms with Gasteiger partial charge in [0.05, 0.1) is 0 Å². The Kier molecular flexibility index (Phi) is 4.95. The maximum atomic E-state index is 9.39. The van der Waals surface area contributed by atoms with Crippen LogP contribution in [-0.2, 0) is 5.41 Å². The Bertz CT molecular complexity index is 916. The van der Waals surface area contributed by atoms with E-state index in [4.69, 9.17) is 4.98 Å². The van der Waals surface area contributed by atoms with Crippen molar-refractivity contribution < 1.29 is 5.11 Å². The number of aliphatic hydroxyl groups is 1. The zero-order valence-electron chi connectivity index (χ0n) is 16.4. The first-order valence-corrected chi connectivity index (χ1v) is 10.6. The Hall–Kier alpha value is -1.91. The van der Waals surface area contributed by atoms with Gasteiger partial charge < -0.3 is 10.0 Å². The SMILES string of the molecule is CC(C)(C)c1ccc(-c2cc3c(N4CCC(CO)CC4)nccc3s2)cc1.